The van der Waals surface area contributed by atoms with E-state index in [4.69, 9.17) is 4.74 Å². The normalized spacial score (nSPS) is 10.4. The van der Waals surface area contributed by atoms with E-state index >= 15 is 0 Å². The zero-order valence-corrected chi connectivity index (χ0v) is 12.2. The number of fused-ring (bicyclic) bond motifs is 1. The lowest BCUT2D eigenvalue weighted by Crippen LogP contribution is -2.20. The molecule has 0 unspecified atom stereocenters. The molecule has 0 atom stereocenters. The minimum atomic E-state index is -0.230. The summed E-state index contributed by atoms with van der Waals surface area (Å²) in [6.45, 7) is 1.83. The van der Waals surface area contributed by atoms with Crippen molar-refractivity contribution in [3.63, 3.8) is 0 Å². The Hall–Kier alpha value is -2.88. The van der Waals surface area contributed by atoms with Crippen molar-refractivity contribution in [2.45, 2.75) is 6.92 Å². The molecule has 4 nitrogen and oxygen atoms in total. The van der Waals surface area contributed by atoms with Crippen LogP contribution in [0.4, 0.5) is 5.82 Å². The van der Waals surface area contributed by atoms with Gasteiger partial charge in [-0.2, -0.15) is 0 Å². The number of carbonyl (C=O) groups is 1. The predicted molar refractivity (Wildman–Crippen MR) is 87.0 cm³/mol. The number of rotatable bonds is 4. The van der Waals surface area contributed by atoms with Gasteiger partial charge in [0.15, 0.2) is 6.61 Å². The monoisotopic (exact) mass is 292 g/mol. The van der Waals surface area contributed by atoms with Crippen LogP contribution in [0.1, 0.15) is 5.69 Å². The van der Waals surface area contributed by atoms with Gasteiger partial charge in [0.25, 0.3) is 5.91 Å². The molecule has 0 bridgehead atoms. The second-order valence-corrected chi connectivity index (χ2v) is 5.01. The standard InChI is InChI=1S/C18H16N2O2/c1-13-5-4-8-17(19-13)20-18(21)12-22-16-10-9-14-6-2-3-7-15(14)11-16/h2-11H,12H2,1H3,(H,19,20,21). The lowest BCUT2D eigenvalue weighted by molar-refractivity contribution is -0.118. The topological polar surface area (TPSA) is 51.2 Å². The third-order valence-electron chi connectivity index (χ3n) is 3.25. The van der Waals surface area contributed by atoms with E-state index in [9.17, 15) is 4.79 Å². The average molecular weight is 292 g/mol. The molecule has 22 heavy (non-hydrogen) atoms. The van der Waals surface area contributed by atoms with Gasteiger partial charge >= 0.3 is 0 Å². The van der Waals surface area contributed by atoms with Crippen LogP contribution >= 0.6 is 0 Å². The number of aromatic nitrogens is 1. The summed E-state index contributed by atoms with van der Waals surface area (Å²) in [5.41, 5.74) is 0.855. The van der Waals surface area contributed by atoms with Crippen molar-refractivity contribution in [3.8, 4) is 5.75 Å². The van der Waals surface area contributed by atoms with E-state index in [0.29, 0.717) is 11.6 Å². The minimum Gasteiger partial charge on any atom is -0.484 e. The molecular weight excluding hydrogens is 276 g/mol. The van der Waals surface area contributed by atoms with Crippen molar-refractivity contribution in [2.75, 3.05) is 11.9 Å². The number of nitrogens with one attached hydrogen (secondary N) is 1. The molecule has 3 rings (SSSR count). The highest BCUT2D eigenvalue weighted by atomic mass is 16.5. The second-order valence-electron chi connectivity index (χ2n) is 5.01. The fourth-order valence-electron chi connectivity index (χ4n) is 2.20. The highest BCUT2D eigenvalue weighted by Crippen LogP contribution is 2.20. The minimum absolute atomic E-state index is 0.0477. The molecule has 0 radical (unpaired) electrons. The second kappa shape index (κ2) is 6.26. The molecule has 2 aromatic carbocycles. The molecule has 1 amide bonds. The van der Waals surface area contributed by atoms with Crippen LogP contribution in [0.25, 0.3) is 10.8 Å². The van der Waals surface area contributed by atoms with Crippen LogP contribution < -0.4 is 10.1 Å². The van der Waals surface area contributed by atoms with Gasteiger partial charge in [0.2, 0.25) is 0 Å². The summed E-state index contributed by atoms with van der Waals surface area (Å²) in [5.74, 6) is 0.976. The number of ether oxygens (including phenoxy) is 1. The third kappa shape index (κ3) is 3.41. The van der Waals surface area contributed by atoms with Gasteiger partial charge in [-0.3, -0.25) is 4.79 Å². The Labute approximate surface area is 128 Å². The zero-order valence-electron chi connectivity index (χ0n) is 12.2. The maximum atomic E-state index is 11.9. The van der Waals surface area contributed by atoms with Crippen LogP contribution in [0.2, 0.25) is 0 Å². The number of pyridine rings is 1. The summed E-state index contributed by atoms with van der Waals surface area (Å²) in [6.07, 6.45) is 0. The molecule has 1 N–H and O–H groups in total. The number of hydrogen-bond acceptors (Lipinski definition) is 3. The quantitative estimate of drug-likeness (QED) is 0.800. The Morgan fingerprint density at radius 2 is 1.86 bits per heavy atom. The third-order valence-corrected chi connectivity index (χ3v) is 3.25. The van der Waals surface area contributed by atoms with Crippen LogP contribution in [0.5, 0.6) is 5.75 Å². The first kappa shape index (κ1) is 14.1. The van der Waals surface area contributed by atoms with Crippen LogP contribution in [0.15, 0.2) is 60.7 Å². The lowest BCUT2D eigenvalue weighted by atomic mass is 10.1. The van der Waals surface area contributed by atoms with Gasteiger partial charge in [-0.25, -0.2) is 4.98 Å². The number of carbonyl (C=O) groups excluding carboxylic acids is 1. The Morgan fingerprint density at radius 3 is 2.68 bits per heavy atom. The van der Waals surface area contributed by atoms with Crippen molar-refractivity contribution in [3.05, 3.63) is 66.4 Å². The highest BCUT2D eigenvalue weighted by molar-refractivity contribution is 5.91. The van der Waals surface area contributed by atoms with Crippen molar-refractivity contribution in [1.82, 2.24) is 4.98 Å². The number of amides is 1. The summed E-state index contributed by atoms with van der Waals surface area (Å²) < 4.78 is 5.54. The molecule has 0 aliphatic heterocycles. The van der Waals surface area contributed by atoms with Gasteiger partial charge in [0.1, 0.15) is 11.6 Å². The first-order valence-electron chi connectivity index (χ1n) is 7.06. The van der Waals surface area contributed by atoms with Crippen LogP contribution in [-0.4, -0.2) is 17.5 Å². The van der Waals surface area contributed by atoms with Crippen molar-refractivity contribution in [1.29, 1.82) is 0 Å². The molecule has 0 aliphatic rings. The molecule has 0 aliphatic carbocycles. The van der Waals surface area contributed by atoms with Crippen LogP contribution in [-0.2, 0) is 4.79 Å². The number of hydrogen-bond donors (Lipinski definition) is 1. The molecule has 0 saturated heterocycles. The molecule has 0 spiro atoms. The molecule has 4 heteroatoms. The van der Waals surface area contributed by atoms with Gasteiger partial charge in [0, 0.05) is 5.69 Å². The van der Waals surface area contributed by atoms with Gasteiger partial charge < -0.3 is 10.1 Å². The first-order valence-corrected chi connectivity index (χ1v) is 7.06. The highest BCUT2D eigenvalue weighted by Gasteiger charge is 2.05. The smallest absolute Gasteiger partial charge is 0.263 e. The molecule has 110 valence electrons. The van der Waals surface area contributed by atoms with Crippen LogP contribution in [0.3, 0.4) is 0 Å². The van der Waals surface area contributed by atoms with Gasteiger partial charge in [-0.1, -0.05) is 36.4 Å². The maximum Gasteiger partial charge on any atom is 0.263 e. The molecule has 1 heterocycles. The maximum absolute atomic E-state index is 11.9. The SMILES string of the molecule is Cc1cccc(NC(=O)COc2ccc3ccccc3c2)n1. The van der Waals surface area contributed by atoms with Gasteiger partial charge in [-0.05, 0) is 42.0 Å². The fourth-order valence-corrected chi connectivity index (χ4v) is 2.20. The summed E-state index contributed by atoms with van der Waals surface area (Å²) in [5, 5.41) is 4.94. The Balaban J connectivity index is 1.62. The van der Waals surface area contributed by atoms with E-state index in [-0.39, 0.29) is 12.5 Å². The summed E-state index contributed by atoms with van der Waals surface area (Å²) in [6, 6.07) is 19.3. The van der Waals surface area contributed by atoms with Crippen molar-refractivity contribution in [2.24, 2.45) is 0 Å². The van der Waals surface area contributed by atoms with Gasteiger partial charge in [-0.15, -0.1) is 0 Å². The lowest BCUT2D eigenvalue weighted by Gasteiger charge is -2.08. The van der Waals surface area contributed by atoms with Gasteiger partial charge in [0.05, 0.1) is 0 Å². The Morgan fingerprint density at radius 1 is 1.05 bits per heavy atom. The molecule has 3 aromatic rings. The van der Waals surface area contributed by atoms with E-state index in [1.165, 1.54) is 0 Å². The van der Waals surface area contributed by atoms with E-state index in [0.717, 1.165) is 16.5 Å². The summed E-state index contributed by atoms with van der Waals surface area (Å²) in [4.78, 5) is 16.1. The Bertz CT molecular complexity index is 815. The molecular formula is C18H16N2O2. The van der Waals surface area contributed by atoms with E-state index in [2.05, 4.69) is 10.3 Å². The number of nitrogens with zero attached hydrogens (tertiary/aromatic N) is 1. The van der Waals surface area contributed by atoms with E-state index in [1.54, 1.807) is 6.07 Å². The van der Waals surface area contributed by atoms with E-state index in [1.807, 2.05) is 61.5 Å². The van der Waals surface area contributed by atoms with Crippen molar-refractivity contribution < 1.29 is 9.53 Å². The van der Waals surface area contributed by atoms with E-state index < -0.39 is 0 Å². The number of aryl methyl sites for hydroxylation is 1. The fraction of sp³-hybridized carbons (Fsp3) is 0.111. The number of anilines is 1. The summed E-state index contributed by atoms with van der Waals surface area (Å²) in [7, 11) is 0. The number of benzene rings is 2. The molecule has 0 fully saturated rings. The van der Waals surface area contributed by atoms with Crippen molar-refractivity contribution >= 4 is 22.5 Å². The molecule has 0 saturated carbocycles. The van der Waals surface area contributed by atoms with Crippen LogP contribution in [0, 0.1) is 6.92 Å². The largest absolute Gasteiger partial charge is 0.484 e. The Kier molecular flexibility index (Phi) is 4.01. The average Bonchev–Trinajstić information content (AvgIpc) is 2.53. The zero-order chi connectivity index (χ0) is 15.4. The predicted octanol–water partition coefficient (Wildman–Crippen LogP) is 3.56. The summed E-state index contributed by atoms with van der Waals surface area (Å²) >= 11 is 0. The first-order chi connectivity index (χ1) is 10.7. The molecule has 1 aromatic heterocycles.